The first-order chi connectivity index (χ1) is 9.17. The first-order valence-corrected chi connectivity index (χ1v) is 6.08. The number of nitrogens with two attached hydrogens (primary N) is 1. The number of nitrogens with one attached hydrogen (secondary N) is 2. The molecule has 1 heterocycles. The van der Waals surface area contributed by atoms with Crippen molar-refractivity contribution in [3.8, 4) is 0 Å². The zero-order valence-corrected chi connectivity index (χ0v) is 10.7. The van der Waals surface area contributed by atoms with Gasteiger partial charge in [-0.05, 0) is 30.7 Å². The summed E-state index contributed by atoms with van der Waals surface area (Å²) in [7, 11) is 0. The zero-order valence-electron chi connectivity index (χ0n) is 10.7. The molecule has 0 aliphatic heterocycles. The van der Waals surface area contributed by atoms with Crippen LogP contribution >= 0.6 is 0 Å². The molecule has 19 heavy (non-hydrogen) atoms. The van der Waals surface area contributed by atoms with Gasteiger partial charge in [-0.1, -0.05) is 6.92 Å². The number of nitrogens with zero attached hydrogens (tertiary/aromatic N) is 2. The molecule has 2 aromatic rings. The molecule has 1 aromatic carbocycles. The minimum Gasteiger partial charge on any atom is -0.370 e. The van der Waals surface area contributed by atoms with Crippen molar-refractivity contribution in [2.75, 3.05) is 22.9 Å². The summed E-state index contributed by atoms with van der Waals surface area (Å²) in [5, 5.41) is 6.19. The number of anilines is 4. The first-order valence-electron chi connectivity index (χ1n) is 6.08. The molecule has 100 valence electrons. The summed E-state index contributed by atoms with van der Waals surface area (Å²) < 4.78 is 12.8. The average Bonchev–Trinajstić information content (AvgIpc) is 2.38. The van der Waals surface area contributed by atoms with Crippen molar-refractivity contribution < 1.29 is 4.39 Å². The average molecular weight is 261 g/mol. The van der Waals surface area contributed by atoms with Crippen LogP contribution in [0.5, 0.6) is 0 Å². The fraction of sp³-hybridized carbons (Fsp3) is 0.231. The third-order valence-electron chi connectivity index (χ3n) is 2.42. The molecule has 2 rings (SSSR count). The maximum atomic E-state index is 12.8. The van der Waals surface area contributed by atoms with Crippen LogP contribution in [0.3, 0.4) is 0 Å². The molecular formula is C13H16FN5. The number of benzene rings is 1. The lowest BCUT2D eigenvalue weighted by molar-refractivity contribution is 0.628. The molecule has 0 aliphatic rings. The van der Waals surface area contributed by atoms with Crippen LogP contribution in [-0.4, -0.2) is 16.5 Å². The minimum atomic E-state index is -0.280. The van der Waals surface area contributed by atoms with Crippen LogP contribution in [0.1, 0.15) is 13.3 Å². The van der Waals surface area contributed by atoms with E-state index in [2.05, 4.69) is 27.5 Å². The summed E-state index contributed by atoms with van der Waals surface area (Å²) in [6, 6.07) is 7.78. The van der Waals surface area contributed by atoms with Gasteiger partial charge in [0, 0.05) is 18.3 Å². The monoisotopic (exact) mass is 261 g/mol. The normalized spacial score (nSPS) is 10.2. The van der Waals surface area contributed by atoms with E-state index >= 15 is 0 Å². The molecule has 0 bridgehead atoms. The zero-order chi connectivity index (χ0) is 13.7. The SMILES string of the molecule is CCCNc1cc(Nc2ccc(F)cc2)nc(N)n1. The van der Waals surface area contributed by atoms with Gasteiger partial charge in [0.2, 0.25) is 5.95 Å². The number of nitrogen functional groups attached to an aromatic ring is 1. The Morgan fingerprint density at radius 2 is 1.84 bits per heavy atom. The maximum Gasteiger partial charge on any atom is 0.223 e. The van der Waals surface area contributed by atoms with Crippen LogP contribution in [0.15, 0.2) is 30.3 Å². The van der Waals surface area contributed by atoms with Gasteiger partial charge in [-0.15, -0.1) is 0 Å². The third kappa shape index (κ3) is 3.80. The van der Waals surface area contributed by atoms with Crippen LogP contribution < -0.4 is 16.4 Å². The molecule has 0 atom stereocenters. The number of rotatable bonds is 5. The van der Waals surface area contributed by atoms with Crippen molar-refractivity contribution in [1.29, 1.82) is 0 Å². The summed E-state index contributed by atoms with van der Waals surface area (Å²) >= 11 is 0. The van der Waals surface area contributed by atoms with Gasteiger partial charge in [-0.3, -0.25) is 0 Å². The molecule has 0 saturated carbocycles. The van der Waals surface area contributed by atoms with Crippen LogP contribution in [-0.2, 0) is 0 Å². The van der Waals surface area contributed by atoms with E-state index in [0.29, 0.717) is 11.6 Å². The Morgan fingerprint density at radius 1 is 1.16 bits per heavy atom. The van der Waals surface area contributed by atoms with E-state index in [4.69, 9.17) is 5.73 Å². The van der Waals surface area contributed by atoms with Gasteiger partial charge in [0.1, 0.15) is 17.5 Å². The van der Waals surface area contributed by atoms with Crippen molar-refractivity contribution in [3.63, 3.8) is 0 Å². The molecule has 0 amide bonds. The van der Waals surface area contributed by atoms with E-state index in [9.17, 15) is 4.39 Å². The van der Waals surface area contributed by atoms with Crippen molar-refractivity contribution >= 4 is 23.3 Å². The Labute approximate surface area is 111 Å². The van der Waals surface area contributed by atoms with Crippen molar-refractivity contribution in [2.45, 2.75) is 13.3 Å². The summed E-state index contributed by atoms with van der Waals surface area (Å²) in [5.41, 5.74) is 6.38. The fourth-order valence-corrected chi connectivity index (χ4v) is 1.55. The first kappa shape index (κ1) is 13.1. The smallest absolute Gasteiger partial charge is 0.223 e. The highest BCUT2D eigenvalue weighted by Gasteiger charge is 2.02. The van der Waals surface area contributed by atoms with Gasteiger partial charge in [0.25, 0.3) is 0 Å². The second kappa shape index (κ2) is 5.99. The van der Waals surface area contributed by atoms with Crippen molar-refractivity contribution in [3.05, 3.63) is 36.1 Å². The Bertz CT molecular complexity index is 541. The predicted octanol–water partition coefficient (Wildman–Crippen LogP) is 2.76. The molecule has 4 N–H and O–H groups in total. The molecular weight excluding hydrogens is 245 g/mol. The highest BCUT2D eigenvalue weighted by molar-refractivity contribution is 5.60. The lowest BCUT2D eigenvalue weighted by Gasteiger charge is -2.09. The maximum absolute atomic E-state index is 12.8. The Balaban J connectivity index is 2.15. The van der Waals surface area contributed by atoms with Crippen LogP contribution in [0.25, 0.3) is 0 Å². The van der Waals surface area contributed by atoms with E-state index in [1.165, 1.54) is 12.1 Å². The molecule has 1 aromatic heterocycles. The number of hydrogen-bond donors (Lipinski definition) is 3. The molecule has 5 nitrogen and oxygen atoms in total. The second-order valence-corrected chi connectivity index (χ2v) is 4.06. The Kier molecular flexibility index (Phi) is 4.12. The van der Waals surface area contributed by atoms with Gasteiger partial charge in [0.05, 0.1) is 0 Å². The van der Waals surface area contributed by atoms with E-state index in [1.54, 1.807) is 18.2 Å². The van der Waals surface area contributed by atoms with Crippen LogP contribution in [0.4, 0.5) is 27.7 Å². The van der Waals surface area contributed by atoms with E-state index in [1.807, 2.05) is 0 Å². The molecule has 0 saturated heterocycles. The quantitative estimate of drug-likeness (QED) is 0.771. The van der Waals surface area contributed by atoms with Gasteiger partial charge < -0.3 is 16.4 Å². The van der Waals surface area contributed by atoms with Crippen molar-refractivity contribution in [2.24, 2.45) is 0 Å². The fourth-order valence-electron chi connectivity index (χ4n) is 1.55. The predicted molar refractivity (Wildman–Crippen MR) is 74.9 cm³/mol. The van der Waals surface area contributed by atoms with Gasteiger partial charge in [0.15, 0.2) is 0 Å². The molecule has 0 radical (unpaired) electrons. The van der Waals surface area contributed by atoms with Gasteiger partial charge >= 0.3 is 0 Å². The Morgan fingerprint density at radius 3 is 2.53 bits per heavy atom. The second-order valence-electron chi connectivity index (χ2n) is 4.06. The van der Waals surface area contributed by atoms with E-state index in [-0.39, 0.29) is 11.8 Å². The summed E-state index contributed by atoms with van der Waals surface area (Å²) in [5.74, 6) is 1.14. The van der Waals surface area contributed by atoms with Gasteiger partial charge in [-0.2, -0.15) is 9.97 Å². The van der Waals surface area contributed by atoms with E-state index in [0.717, 1.165) is 18.7 Å². The summed E-state index contributed by atoms with van der Waals surface area (Å²) in [6.07, 6.45) is 0.991. The highest BCUT2D eigenvalue weighted by Crippen LogP contribution is 2.18. The van der Waals surface area contributed by atoms with Gasteiger partial charge in [-0.25, -0.2) is 4.39 Å². The third-order valence-corrected chi connectivity index (χ3v) is 2.42. The van der Waals surface area contributed by atoms with Crippen LogP contribution in [0.2, 0.25) is 0 Å². The number of aromatic nitrogens is 2. The molecule has 0 unspecified atom stereocenters. The lowest BCUT2D eigenvalue weighted by Crippen LogP contribution is -2.06. The largest absolute Gasteiger partial charge is 0.370 e. The summed E-state index contributed by atoms with van der Waals surface area (Å²) in [6.45, 7) is 2.88. The summed E-state index contributed by atoms with van der Waals surface area (Å²) in [4.78, 5) is 8.16. The molecule has 0 fully saturated rings. The Hall–Kier alpha value is -2.37. The molecule has 0 aliphatic carbocycles. The number of hydrogen-bond acceptors (Lipinski definition) is 5. The molecule has 0 spiro atoms. The van der Waals surface area contributed by atoms with Crippen LogP contribution in [0, 0.1) is 5.82 Å². The highest BCUT2D eigenvalue weighted by atomic mass is 19.1. The minimum absolute atomic E-state index is 0.186. The van der Waals surface area contributed by atoms with E-state index < -0.39 is 0 Å². The number of halogens is 1. The lowest BCUT2D eigenvalue weighted by atomic mass is 10.3. The standard InChI is InChI=1S/C13H16FN5/c1-2-7-16-11-8-12(19-13(15)18-11)17-10-5-3-9(14)4-6-10/h3-6,8H,2,7H2,1H3,(H4,15,16,17,18,19). The molecule has 6 heteroatoms. The topological polar surface area (TPSA) is 75.9 Å². The van der Waals surface area contributed by atoms with Crippen molar-refractivity contribution in [1.82, 2.24) is 9.97 Å².